The number of carbonyl (C=O) groups excluding carboxylic acids is 1. The van der Waals surface area contributed by atoms with E-state index in [4.69, 9.17) is 0 Å². The summed E-state index contributed by atoms with van der Waals surface area (Å²) in [4.78, 5) is 16.2. The van der Waals surface area contributed by atoms with Gasteiger partial charge in [-0.15, -0.1) is 0 Å². The lowest BCUT2D eigenvalue weighted by Crippen LogP contribution is -2.48. The summed E-state index contributed by atoms with van der Waals surface area (Å²) in [6, 6.07) is 8.26. The van der Waals surface area contributed by atoms with Crippen molar-refractivity contribution in [1.82, 2.24) is 9.80 Å². The molecule has 1 amide bonds. The Balaban J connectivity index is 1.47. The van der Waals surface area contributed by atoms with E-state index in [9.17, 15) is 18.0 Å². The molecule has 1 saturated heterocycles. The van der Waals surface area contributed by atoms with Gasteiger partial charge in [0.05, 0.1) is 16.7 Å². The topological polar surface area (TPSA) is 35.6 Å². The van der Waals surface area contributed by atoms with Crippen molar-refractivity contribution in [1.29, 1.82) is 0 Å². The van der Waals surface area contributed by atoms with Crippen LogP contribution in [0.1, 0.15) is 5.56 Å². The Morgan fingerprint density at radius 2 is 1.74 bits per heavy atom. The van der Waals surface area contributed by atoms with Crippen LogP contribution in [0.5, 0.6) is 0 Å². The lowest BCUT2D eigenvalue weighted by molar-refractivity contribution is -0.117. The van der Waals surface area contributed by atoms with E-state index in [1.54, 1.807) is 18.2 Å². The van der Waals surface area contributed by atoms with Crippen molar-refractivity contribution in [3.8, 4) is 0 Å². The minimum absolute atomic E-state index is 0.0369. The number of anilines is 1. The first-order valence-corrected chi connectivity index (χ1v) is 9.34. The van der Waals surface area contributed by atoms with Gasteiger partial charge in [-0.1, -0.05) is 12.1 Å². The minimum atomic E-state index is -0.802. The molecular formula is C19H19BrF3N3O. The molecule has 0 aromatic heterocycles. The zero-order valence-corrected chi connectivity index (χ0v) is 16.1. The van der Waals surface area contributed by atoms with Gasteiger partial charge >= 0.3 is 0 Å². The number of benzene rings is 2. The summed E-state index contributed by atoms with van der Waals surface area (Å²) in [5.74, 6) is -2.10. The van der Waals surface area contributed by atoms with Gasteiger partial charge in [0.2, 0.25) is 5.91 Å². The highest BCUT2D eigenvalue weighted by atomic mass is 79.9. The number of hydrogen-bond donors (Lipinski definition) is 1. The van der Waals surface area contributed by atoms with Crippen LogP contribution in [0.4, 0.5) is 18.9 Å². The third-order valence-electron chi connectivity index (χ3n) is 4.46. The van der Waals surface area contributed by atoms with E-state index < -0.39 is 11.6 Å². The Morgan fingerprint density at radius 1 is 1.04 bits per heavy atom. The van der Waals surface area contributed by atoms with Crippen LogP contribution in [0.3, 0.4) is 0 Å². The van der Waals surface area contributed by atoms with E-state index in [0.717, 1.165) is 12.1 Å². The quantitative estimate of drug-likeness (QED) is 0.769. The van der Waals surface area contributed by atoms with Gasteiger partial charge in [-0.2, -0.15) is 0 Å². The van der Waals surface area contributed by atoms with E-state index in [1.807, 2.05) is 4.90 Å². The lowest BCUT2D eigenvalue weighted by Gasteiger charge is -2.34. The smallest absolute Gasteiger partial charge is 0.238 e. The number of carbonyl (C=O) groups is 1. The van der Waals surface area contributed by atoms with Crippen LogP contribution in [0.2, 0.25) is 0 Å². The van der Waals surface area contributed by atoms with Crippen molar-refractivity contribution in [2.45, 2.75) is 6.54 Å². The van der Waals surface area contributed by atoms with E-state index in [-0.39, 0.29) is 24.0 Å². The van der Waals surface area contributed by atoms with E-state index >= 15 is 0 Å². The molecule has 4 nitrogen and oxygen atoms in total. The number of hydrogen-bond acceptors (Lipinski definition) is 3. The van der Waals surface area contributed by atoms with E-state index in [0.29, 0.717) is 42.8 Å². The Morgan fingerprint density at radius 3 is 2.44 bits per heavy atom. The Hall–Kier alpha value is -1.90. The van der Waals surface area contributed by atoms with E-state index in [2.05, 4.69) is 26.1 Å². The summed E-state index contributed by atoms with van der Waals surface area (Å²) in [7, 11) is 0. The van der Waals surface area contributed by atoms with Crippen molar-refractivity contribution < 1.29 is 18.0 Å². The molecule has 27 heavy (non-hydrogen) atoms. The predicted molar refractivity (Wildman–Crippen MR) is 101 cm³/mol. The summed E-state index contributed by atoms with van der Waals surface area (Å²) in [5.41, 5.74) is 0.590. The maximum atomic E-state index is 14.1. The molecule has 144 valence electrons. The molecule has 1 heterocycles. The molecule has 1 aliphatic rings. The van der Waals surface area contributed by atoms with Crippen molar-refractivity contribution in [2.24, 2.45) is 0 Å². The first kappa shape index (κ1) is 19.9. The number of piperazine rings is 1. The summed E-state index contributed by atoms with van der Waals surface area (Å²) in [6.45, 7) is 3.32. The van der Waals surface area contributed by atoms with Crippen LogP contribution in [0, 0.1) is 17.5 Å². The van der Waals surface area contributed by atoms with Crippen LogP contribution in [-0.4, -0.2) is 48.4 Å². The third kappa shape index (κ3) is 5.31. The zero-order valence-electron chi connectivity index (χ0n) is 14.5. The molecule has 1 fully saturated rings. The molecule has 1 aliphatic heterocycles. The SMILES string of the molecule is O=C(CN1CCN(Cc2cccc(Br)c2F)CC1)Nc1ccc(F)cc1F. The maximum absolute atomic E-state index is 14.1. The Labute approximate surface area is 164 Å². The largest absolute Gasteiger partial charge is 0.322 e. The van der Waals surface area contributed by atoms with Crippen LogP contribution in [-0.2, 0) is 11.3 Å². The van der Waals surface area contributed by atoms with Gasteiger partial charge in [0.15, 0.2) is 0 Å². The van der Waals surface area contributed by atoms with Crippen LogP contribution in [0.25, 0.3) is 0 Å². The average Bonchev–Trinajstić information content (AvgIpc) is 2.63. The van der Waals surface area contributed by atoms with Gasteiger partial charge in [0, 0.05) is 44.4 Å². The molecule has 0 spiro atoms. The highest BCUT2D eigenvalue weighted by molar-refractivity contribution is 9.10. The van der Waals surface area contributed by atoms with Crippen molar-refractivity contribution in [3.05, 3.63) is 63.9 Å². The fourth-order valence-electron chi connectivity index (χ4n) is 3.00. The number of rotatable bonds is 5. The summed E-state index contributed by atoms with van der Waals surface area (Å²) in [5, 5.41) is 2.46. The van der Waals surface area contributed by atoms with Gasteiger partial charge in [-0.25, -0.2) is 13.2 Å². The highest BCUT2D eigenvalue weighted by Crippen LogP contribution is 2.20. The van der Waals surface area contributed by atoms with Gasteiger partial charge < -0.3 is 5.32 Å². The molecule has 1 N–H and O–H groups in total. The van der Waals surface area contributed by atoms with Gasteiger partial charge in [0.1, 0.15) is 17.5 Å². The summed E-state index contributed by atoms with van der Waals surface area (Å²) >= 11 is 3.19. The molecule has 8 heteroatoms. The highest BCUT2D eigenvalue weighted by Gasteiger charge is 2.20. The average molecular weight is 442 g/mol. The first-order valence-electron chi connectivity index (χ1n) is 8.55. The molecule has 2 aromatic carbocycles. The third-order valence-corrected chi connectivity index (χ3v) is 5.08. The number of halogens is 4. The van der Waals surface area contributed by atoms with Crippen molar-refractivity contribution in [3.63, 3.8) is 0 Å². The van der Waals surface area contributed by atoms with Gasteiger partial charge in [-0.05, 0) is 34.1 Å². The molecule has 0 aliphatic carbocycles. The lowest BCUT2D eigenvalue weighted by atomic mass is 10.2. The van der Waals surface area contributed by atoms with Crippen molar-refractivity contribution >= 4 is 27.5 Å². The van der Waals surface area contributed by atoms with Crippen LogP contribution < -0.4 is 5.32 Å². The molecule has 0 unspecified atom stereocenters. The maximum Gasteiger partial charge on any atom is 0.238 e. The predicted octanol–water partition coefficient (Wildman–Crippen LogP) is 3.62. The van der Waals surface area contributed by atoms with E-state index in [1.165, 1.54) is 6.07 Å². The molecule has 0 atom stereocenters. The second-order valence-electron chi connectivity index (χ2n) is 6.44. The molecular weight excluding hydrogens is 423 g/mol. The second-order valence-corrected chi connectivity index (χ2v) is 7.29. The number of nitrogens with zero attached hydrogens (tertiary/aromatic N) is 2. The van der Waals surface area contributed by atoms with Crippen molar-refractivity contribution in [2.75, 3.05) is 38.0 Å². The zero-order chi connectivity index (χ0) is 19.4. The Bertz CT molecular complexity index is 826. The minimum Gasteiger partial charge on any atom is -0.322 e. The Kier molecular flexibility index (Phi) is 6.51. The summed E-state index contributed by atoms with van der Waals surface area (Å²) < 4.78 is 41.0. The molecule has 0 saturated carbocycles. The number of nitrogens with one attached hydrogen (secondary N) is 1. The molecule has 0 bridgehead atoms. The van der Waals surface area contributed by atoms with Gasteiger partial charge in [0.25, 0.3) is 0 Å². The monoisotopic (exact) mass is 441 g/mol. The fourth-order valence-corrected chi connectivity index (χ4v) is 3.41. The fraction of sp³-hybridized carbons (Fsp3) is 0.316. The molecule has 3 rings (SSSR count). The standard InChI is InChI=1S/C19H19BrF3N3O/c20-15-3-1-2-13(19(15)23)11-25-6-8-26(9-7-25)12-18(27)24-17-5-4-14(21)10-16(17)22/h1-5,10H,6-9,11-12H2,(H,24,27). The first-order chi connectivity index (χ1) is 12.9. The second kappa shape index (κ2) is 8.86. The molecule has 0 radical (unpaired) electrons. The number of amides is 1. The van der Waals surface area contributed by atoms with Gasteiger partial charge in [-0.3, -0.25) is 14.6 Å². The normalized spacial score (nSPS) is 15.7. The van der Waals surface area contributed by atoms with Crippen LogP contribution >= 0.6 is 15.9 Å². The summed E-state index contributed by atoms with van der Waals surface area (Å²) in [6.07, 6.45) is 0. The van der Waals surface area contributed by atoms with Crippen LogP contribution in [0.15, 0.2) is 40.9 Å². The molecule has 2 aromatic rings.